The van der Waals surface area contributed by atoms with Crippen LogP contribution in [0.5, 0.6) is 5.75 Å². The third kappa shape index (κ3) is 8.11. The highest BCUT2D eigenvalue weighted by atomic mass is 35.5. The predicted octanol–water partition coefficient (Wildman–Crippen LogP) is 4.41. The average molecular weight is 564 g/mol. The van der Waals surface area contributed by atoms with E-state index in [1.165, 1.54) is 24.5 Å². The van der Waals surface area contributed by atoms with E-state index >= 15 is 0 Å². The van der Waals surface area contributed by atoms with Gasteiger partial charge in [-0.3, -0.25) is 13.9 Å². The maximum Gasteiger partial charge on any atom is 0.244 e. The van der Waals surface area contributed by atoms with Gasteiger partial charge in [0.1, 0.15) is 18.3 Å². The summed E-state index contributed by atoms with van der Waals surface area (Å²) in [6, 6.07) is 13.6. The molecule has 0 heterocycles. The summed E-state index contributed by atoms with van der Waals surface area (Å²) in [6.45, 7) is 1.69. The lowest BCUT2D eigenvalue weighted by Gasteiger charge is -2.34. The molecule has 0 bridgehead atoms. The van der Waals surface area contributed by atoms with Crippen molar-refractivity contribution in [3.8, 4) is 5.75 Å². The number of hydrogen-bond donors (Lipinski definition) is 1. The largest absolute Gasteiger partial charge is 0.495 e. The Morgan fingerprint density at radius 1 is 1.11 bits per heavy atom. The second-order valence-electron chi connectivity index (χ2n) is 9.68. The molecule has 0 spiro atoms. The van der Waals surface area contributed by atoms with Gasteiger partial charge in [-0.05, 0) is 49.4 Å². The smallest absolute Gasteiger partial charge is 0.244 e. The molecule has 10 heteroatoms. The summed E-state index contributed by atoms with van der Waals surface area (Å²) in [5.74, 6) is -0.256. The van der Waals surface area contributed by atoms with Gasteiger partial charge in [0, 0.05) is 12.6 Å². The first-order chi connectivity index (χ1) is 18.1. The summed E-state index contributed by atoms with van der Waals surface area (Å²) < 4.78 is 31.7. The third-order valence-electron chi connectivity index (χ3n) is 6.92. The molecule has 1 N–H and O–H groups in total. The van der Waals surface area contributed by atoms with Crippen molar-refractivity contribution in [2.75, 3.05) is 30.8 Å². The molecule has 1 fully saturated rings. The van der Waals surface area contributed by atoms with Gasteiger partial charge in [0.25, 0.3) is 0 Å². The van der Waals surface area contributed by atoms with Gasteiger partial charge in [-0.2, -0.15) is 0 Å². The summed E-state index contributed by atoms with van der Waals surface area (Å²) in [5, 5.41) is 3.37. The number of nitrogens with one attached hydrogen (secondary N) is 1. The molecule has 2 aromatic carbocycles. The monoisotopic (exact) mass is 563 g/mol. The maximum atomic E-state index is 13.8. The lowest BCUT2D eigenvalue weighted by molar-refractivity contribution is -0.140. The number of hydrogen-bond acceptors (Lipinski definition) is 5. The van der Waals surface area contributed by atoms with Crippen LogP contribution < -0.4 is 14.4 Å². The van der Waals surface area contributed by atoms with Crippen LogP contribution >= 0.6 is 11.6 Å². The van der Waals surface area contributed by atoms with Gasteiger partial charge in [0.05, 0.1) is 24.1 Å². The molecule has 0 unspecified atom stereocenters. The SMILES string of the molecule is CC[C@H](C(=O)NC1CCCCC1)N(CCc1ccccc1)C(=O)CN(c1ccc(OC)c(Cl)c1)S(C)(=O)=O. The first-order valence-electron chi connectivity index (χ1n) is 13.1. The Labute approximate surface area is 231 Å². The summed E-state index contributed by atoms with van der Waals surface area (Å²) in [5.41, 5.74) is 1.27. The predicted molar refractivity (Wildman–Crippen MR) is 151 cm³/mol. The van der Waals surface area contributed by atoms with Gasteiger partial charge in [0.15, 0.2) is 0 Å². The van der Waals surface area contributed by atoms with E-state index in [2.05, 4.69) is 5.32 Å². The fourth-order valence-electron chi connectivity index (χ4n) is 4.86. The molecule has 8 nitrogen and oxygen atoms in total. The first kappa shape index (κ1) is 29.8. The molecule has 0 radical (unpaired) electrons. The number of anilines is 1. The topological polar surface area (TPSA) is 96.0 Å². The molecule has 1 saturated carbocycles. The molecule has 1 atom stereocenters. The minimum Gasteiger partial charge on any atom is -0.495 e. The van der Waals surface area contributed by atoms with Crippen LogP contribution in [0.3, 0.4) is 0 Å². The fraction of sp³-hybridized carbons (Fsp3) is 0.500. The molecule has 3 rings (SSSR count). The second kappa shape index (κ2) is 13.8. The summed E-state index contributed by atoms with van der Waals surface area (Å²) in [6.07, 6.45) is 7.17. The summed E-state index contributed by atoms with van der Waals surface area (Å²) in [7, 11) is -2.37. The van der Waals surface area contributed by atoms with E-state index < -0.39 is 28.5 Å². The van der Waals surface area contributed by atoms with Gasteiger partial charge in [-0.15, -0.1) is 0 Å². The average Bonchev–Trinajstić information content (AvgIpc) is 2.90. The third-order valence-corrected chi connectivity index (χ3v) is 8.36. The number of amides is 2. The van der Waals surface area contributed by atoms with Gasteiger partial charge in [0.2, 0.25) is 21.8 Å². The maximum absolute atomic E-state index is 13.8. The van der Waals surface area contributed by atoms with Crippen molar-refractivity contribution in [1.82, 2.24) is 10.2 Å². The van der Waals surface area contributed by atoms with Crippen LogP contribution in [0.1, 0.15) is 51.0 Å². The standard InChI is InChI=1S/C28H38ClN3O5S/c1-4-25(28(34)30-22-13-9-6-10-14-22)31(18-17-21-11-7-5-8-12-21)27(33)20-32(38(3,35)36)23-15-16-26(37-2)24(29)19-23/h5,7-8,11-12,15-16,19,22,25H,4,6,9-10,13-14,17-18,20H2,1-3H3,(H,30,34)/t25-/m1/s1. The van der Waals surface area contributed by atoms with E-state index in [-0.39, 0.29) is 29.2 Å². The van der Waals surface area contributed by atoms with E-state index in [0.717, 1.165) is 41.8 Å². The Hall–Kier alpha value is -2.78. The normalized spacial score (nSPS) is 14.9. The fourth-order valence-corrected chi connectivity index (χ4v) is 5.96. The van der Waals surface area contributed by atoms with Crippen LogP contribution in [0.4, 0.5) is 5.69 Å². The summed E-state index contributed by atoms with van der Waals surface area (Å²) in [4.78, 5) is 28.7. The molecule has 0 aromatic heterocycles. The zero-order chi connectivity index (χ0) is 27.7. The highest BCUT2D eigenvalue weighted by molar-refractivity contribution is 7.92. The van der Waals surface area contributed by atoms with Crippen LogP contribution in [-0.4, -0.2) is 63.7 Å². The Morgan fingerprint density at radius 2 is 1.79 bits per heavy atom. The number of ether oxygens (including phenoxy) is 1. The number of benzene rings is 2. The number of nitrogens with zero attached hydrogens (tertiary/aromatic N) is 2. The van der Waals surface area contributed by atoms with Crippen LogP contribution in [0, 0.1) is 0 Å². The van der Waals surface area contributed by atoms with Crippen molar-refractivity contribution in [1.29, 1.82) is 0 Å². The zero-order valence-electron chi connectivity index (χ0n) is 22.4. The van der Waals surface area contributed by atoms with Crippen LogP contribution in [0.15, 0.2) is 48.5 Å². The van der Waals surface area contributed by atoms with Crippen molar-refractivity contribution in [2.24, 2.45) is 0 Å². The van der Waals surface area contributed by atoms with E-state index in [1.807, 2.05) is 37.3 Å². The molecule has 1 aliphatic rings. The van der Waals surface area contributed by atoms with Gasteiger partial charge in [-0.1, -0.05) is 68.1 Å². The lowest BCUT2D eigenvalue weighted by Crippen LogP contribution is -2.54. The summed E-state index contributed by atoms with van der Waals surface area (Å²) >= 11 is 6.25. The van der Waals surface area contributed by atoms with Crippen molar-refractivity contribution in [3.05, 3.63) is 59.1 Å². The molecule has 2 amide bonds. The number of carbonyl (C=O) groups is 2. The van der Waals surface area contributed by atoms with Crippen LogP contribution in [0.25, 0.3) is 0 Å². The highest BCUT2D eigenvalue weighted by Crippen LogP contribution is 2.30. The van der Waals surface area contributed by atoms with Crippen molar-refractivity contribution in [3.63, 3.8) is 0 Å². The molecule has 208 valence electrons. The Bertz CT molecular complexity index is 1190. The number of halogens is 1. The van der Waals surface area contributed by atoms with Crippen molar-refractivity contribution < 1.29 is 22.7 Å². The van der Waals surface area contributed by atoms with Gasteiger partial charge in [-0.25, -0.2) is 8.42 Å². The quantitative estimate of drug-likeness (QED) is 0.412. The first-order valence-corrected chi connectivity index (χ1v) is 15.3. The Kier molecular flexibility index (Phi) is 10.8. The van der Waals surface area contributed by atoms with E-state index in [9.17, 15) is 18.0 Å². The molecule has 2 aromatic rings. The minimum atomic E-state index is -3.84. The number of sulfonamides is 1. The van der Waals surface area contributed by atoms with E-state index in [1.54, 1.807) is 12.1 Å². The number of methoxy groups -OCH3 is 1. The molecule has 38 heavy (non-hydrogen) atoms. The Balaban J connectivity index is 1.87. The molecular formula is C28H38ClN3O5S. The van der Waals surface area contributed by atoms with Crippen molar-refractivity contribution in [2.45, 2.75) is 64.0 Å². The van der Waals surface area contributed by atoms with Gasteiger partial charge >= 0.3 is 0 Å². The highest BCUT2D eigenvalue weighted by Gasteiger charge is 2.32. The van der Waals surface area contributed by atoms with Crippen LogP contribution in [-0.2, 0) is 26.0 Å². The van der Waals surface area contributed by atoms with Crippen LogP contribution in [0.2, 0.25) is 5.02 Å². The van der Waals surface area contributed by atoms with E-state index in [4.69, 9.17) is 16.3 Å². The number of carbonyl (C=O) groups excluding carboxylic acids is 2. The Morgan fingerprint density at radius 3 is 2.37 bits per heavy atom. The van der Waals surface area contributed by atoms with E-state index in [0.29, 0.717) is 18.6 Å². The van der Waals surface area contributed by atoms with Gasteiger partial charge < -0.3 is 15.0 Å². The molecular weight excluding hydrogens is 526 g/mol. The second-order valence-corrected chi connectivity index (χ2v) is 12.0. The number of rotatable bonds is 12. The van der Waals surface area contributed by atoms with Crippen molar-refractivity contribution >= 4 is 39.1 Å². The molecule has 0 saturated heterocycles. The minimum absolute atomic E-state index is 0.102. The lowest BCUT2D eigenvalue weighted by atomic mass is 9.95. The molecule has 0 aliphatic heterocycles. The zero-order valence-corrected chi connectivity index (χ0v) is 23.9. The molecule has 1 aliphatic carbocycles.